The number of hydrogen-bond acceptors (Lipinski definition) is 2. The number of hydrogen-bond donors (Lipinski definition) is 0. The molecule has 0 aliphatic carbocycles. The number of rotatable bonds is 4. The van der Waals surface area contributed by atoms with Gasteiger partial charge in [-0.1, -0.05) is 19.4 Å². The van der Waals surface area contributed by atoms with E-state index in [0.717, 1.165) is 12.2 Å². The van der Waals surface area contributed by atoms with E-state index in [1.54, 1.807) is 7.11 Å². The molecule has 0 unspecified atom stereocenters. The van der Waals surface area contributed by atoms with Crippen LogP contribution in [0, 0.1) is 0 Å². The normalized spacial score (nSPS) is 16.4. The second kappa shape index (κ2) is 6.06. The van der Waals surface area contributed by atoms with Gasteiger partial charge in [0.1, 0.15) is 5.75 Å². The van der Waals surface area contributed by atoms with Gasteiger partial charge >= 0.3 is 0 Å². The van der Waals surface area contributed by atoms with Crippen LogP contribution in [0.15, 0.2) is 18.2 Å². The maximum Gasteiger partial charge on any atom is 0.119 e. The van der Waals surface area contributed by atoms with E-state index in [2.05, 4.69) is 30.0 Å². The fourth-order valence-electron chi connectivity index (χ4n) is 2.48. The molecule has 2 heteroatoms. The second-order valence-electron chi connectivity index (χ2n) is 4.83. The molecule has 0 saturated carbocycles. The standard InChI is InChI=1S/C15H23NO/c1-3-4-9-16-10-7-13-5-6-15(17-2)12-14(13)8-11-16/h5-6,12H,3-4,7-11H2,1-2H3. The van der Waals surface area contributed by atoms with Gasteiger partial charge in [-0.25, -0.2) is 0 Å². The summed E-state index contributed by atoms with van der Waals surface area (Å²) in [5.74, 6) is 0.991. The Morgan fingerprint density at radius 1 is 1.18 bits per heavy atom. The van der Waals surface area contributed by atoms with E-state index in [1.165, 1.54) is 50.0 Å². The molecule has 0 spiro atoms. The van der Waals surface area contributed by atoms with Crippen molar-refractivity contribution in [3.8, 4) is 5.75 Å². The molecule has 0 bridgehead atoms. The quantitative estimate of drug-likeness (QED) is 0.793. The van der Waals surface area contributed by atoms with Crippen molar-refractivity contribution in [3.05, 3.63) is 29.3 Å². The number of nitrogens with zero attached hydrogens (tertiary/aromatic N) is 1. The van der Waals surface area contributed by atoms with Crippen LogP contribution in [0.1, 0.15) is 30.9 Å². The van der Waals surface area contributed by atoms with E-state index in [4.69, 9.17) is 4.74 Å². The SMILES string of the molecule is CCCCN1CCc2ccc(OC)cc2CC1. The smallest absolute Gasteiger partial charge is 0.119 e. The molecular formula is C15H23NO. The van der Waals surface area contributed by atoms with Crippen LogP contribution in [0.5, 0.6) is 5.75 Å². The Morgan fingerprint density at radius 3 is 2.65 bits per heavy atom. The van der Waals surface area contributed by atoms with Gasteiger partial charge in [0.05, 0.1) is 7.11 Å². The average molecular weight is 233 g/mol. The molecule has 1 aliphatic heterocycles. The summed E-state index contributed by atoms with van der Waals surface area (Å²) in [5.41, 5.74) is 2.98. The van der Waals surface area contributed by atoms with Crippen molar-refractivity contribution in [3.63, 3.8) is 0 Å². The van der Waals surface area contributed by atoms with Gasteiger partial charge in [0.2, 0.25) is 0 Å². The van der Waals surface area contributed by atoms with E-state index in [-0.39, 0.29) is 0 Å². The molecule has 0 radical (unpaired) electrons. The maximum absolute atomic E-state index is 5.30. The summed E-state index contributed by atoms with van der Waals surface area (Å²) in [4.78, 5) is 2.59. The van der Waals surface area contributed by atoms with Gasteiger partial charge in [-0.2, -0.15) is 0 Å². The molecular weight excluding hydrogens is 210 g/mol. The van der Waals surface area contributed by atoms with E-state index in [1.807, 2.05) is 0 Å². The lowest BCUT2D eigenvalue weighted by molar-refractivity contribution is 0.283. The van der Waals surface area contributed by atoms with Crippen molar-refractivity contribution in [1.82, 2.24) is 4.90 Å². The van der Waals surface area contributed by atoms with E-state index >= 15 is 0 Å². The van der Waals surface area contributed by atoms with E-state index in [9.17, 15) is 0 Å². The zero-order valence-electron chi connectivity index (χ0n) is 11.0. The van der Waals surface area contributed by atoms with Crippen molar-refractivity contribution in [2.75, 3.05) is 26.7 Å². The highest BCUT2D eigenvalue weighted by molar-refractivity contribution is 5.36. The van der Waals surface area contributed by atoms with Crippen molar-refractivity contribution in [2.45, 2.75) is 32.6 Å². The third-order valence-electron chi connectivity index (χ3n) is 3.64. The van der Waals surface area contributed by atoms with Crippen LogP contribution in [0.4, 0.5) is 0 Å². The Kier molecular flexibility index (Phi) is 4.43. The molecule has 94 valence electrons. The van der Waals surface area contributed by atoms with Crippen molar-refractivity contribution in [2.24, 2.45) is 0 Å². The Morgan fingerprint density at radius 2 is 1.94 bits per heavy atom. The number of benzene rings is 1. The Hall–Kier alpha value is -1.02. The van der Waals surface area contributed by atoms with E-state index in [0.29, 0.717) is 0 Å². The Balaban J connectivity index is 2.02. The van der Waals surface area contributed by atoms with Crippen LogP contribution in [-0.2, 0) is 12.8 Å². The fraction of sp³-hybridized carbons (Fsp3) is 0.600. The van der Waals surface area contributed by atoms with Gasteiger partial charge in [0, 0.05) is 13.1 Å². The Bertz CT molecular complexity index is 362. The fourth-order valence-corrected chi connectivity index (χ4v) is 2.48. The summed E-state index contributed by atoms with van der Waals surface area (Å²) >= 11 is 0. The molecule has 1 aromatic carbocycles. The zero-order valence-corrected chi connectivity index (χ0v) is 11.0. The molecule has 0 saturated heterocycles. The van der Waals surface area contributed by atoms with Gasteiger partial charge < -0.3 is 9.64 Å². The van der Waals surface area contributed by atoms with Crippen LogP contribution in [0.25, 0.3) is 0 Å². The molecule has 1 aliphatic rings. The van der Waals surface area contributed by atoms with Gasteiger partial charge in [0.15, 0.2) is 0 Å². The minimum Gasteiger partial charge on any atom is -0.497 e. The van der Waals surface area contributed by atoms with Crippen LogP contribution in [-0.4, -0.2) is 31.6 Å². The third kappa shape index (κ3) is 3.22. The summed E-state index contributed by atoms with van der Waals surface area (Å²) in [5, 5.41) is 0. The summed E-state index contributed by atoms with van der Waals surface area (Å²) in [6.45, 7) is 5.92. The van der Waals surface area contributed by atoms with Crippen LogP contribution in [0.3, 0.4) is 0 Å². The predicted molar refractivity (Wildman–Crippen MR) is 71.8 cm³/mol. The molecule has 2 rings (SSSR count). The minimum absolute atomic E-state index is 0.991. The molecule has 1 aromatic rings. The first-order valence-electron chi connectivity index (χ1n) is 6.71. The number of methoxy groups -OCH3 is 1. The van der Waals surface area contributed by atoms with Gasteiger partial charge in [0.25, 0.3) is 0 Å². The summed E-state index contributed by atoms with van der Waals surface area (Å²) < 4.78 is 5.30. The van der Waals surface area contributed by atoms with Crippen molar-refractivity contribution >= 4 is 0 Å². The third-order valence-corrected chi connectivity index (χ3v) is 3.64. The monoisotopic (exact) mass is 233 g/mol. The highest BCUT2D eigenvalue weighted by Gasteiger charge is 2.13. The molecule has 0 N–H and O–H groups in total. The van der Waals surface area contributed by atoms with Crippen LogP contribution in [0.2, 0.25) is 0 Å². The topological polar surface area (TPSA) is 12.5 Å². The average Bonchev–Trinajstić information content (AvgIpc) is 2.58. The molecule has 0 atom stereocenters. The number of fused-ring (bicyclic) bond motifs is 1. The highest BCUT2D eigenvalue weighted by Crippen LogP contribution is 2.21. The molecule has 0 aromatic heterocycles. The predicted octanol–water partition coefficient (Wildman–Crippen LogP) is 2.90. The molecule has 0 amide bonds. The van der Waals surface area contributed by atoms with Gasteiger partial charge in [-0.15, -0.1) is 0 Å². The summed E-state index contributed by atoms with van der Waals surface area (Å²) in [6, 6.07) is 6.52. The molecule has 2 nitrogen and oxygen atoms in total. The zero-order chi connectivity index (χ0) is 12.1. The van der Waals surface area contributed by atoms with Crippen LogP contribution >= 0.6 is 0 Å². The molecule has 17 heavy (non-hydrogen) atoms. The lowest BCUT2D eigenvalue weighted by Gasteiger charge is -2.18. The molecule has 0 fully saturated rings. The largest absolute Gasteiger partial charge is 0.497 e. The van der Waals surface area contributed by atoms with Crippen molar-refractivity contribution < 1.29 is 4.74 Å². The number of ether oxygens (including phenoxy) is 1. The van der Waals surface area contributed by atoms with Gasteiger partial charge in [-0.05, 0) is 49.1 Å². The summed E-state index contributed by atoms with van der Waals surface area (Å²) in [7, 11) is 1.74. The second-order valence-corrected chi connectivity index (χ2v) is 4.83. The first-order chi connectivity index (χ1) is 8.33. The lowest BCUT2D eigenvalue weighted by atomic mass is 10.0. The first-order valence-corrected chi connectivity index (χ1v) is 6.71. The van der Waals surface area contributed by atoms with Crippen LogP contribution < -0.4 is 4.74 Å². The van der Waals surface area contributed by atoms with E-state index < -0.39 is 0 Å². The highest BCUT2D eigenvalue weighted by atomic mass is 16.5. The Labute approximate surface area is 105 Å². The maximum atomic E-state index is 5.30. The number of unbranched alkanes of at least 4 members (excludes halogenated alkanes) is 1. The van der Waals surface area contributed by atoms with Gasteiger partial charge in [-0.3, -0.25) is 0 Å². The van der Waals surface area contributed by atoms with Crippen molar-refractivity contribution in [1.29, 1.82) is 0 Å². The summed E-state index contributed by atoms with van der Waals surface area (Å²) in [6.07, 6.45) is 4.95. The first kappa shape index (κ1) is 12.4. The lowest BCUT2D eigenvalue weighted by Crippen LogP contribution is -2.27. The minimum atomic E-state index is 0.991. The molecule has 1 heterocycles.